The van der Waals surface area contributed by atoms with Gasteiger partial charge in [0, 0.05) is 28.4 Å². The molecule has 3 rings (SSSR count). The molecule has 0 atom stereocenters. The van der Waals surface area contributed by atoms with Gasteiger partial charge in [-0.25, -0.2) is 0 Å². The monoisotopic (exact) mass is 461 g/mol. The van der Waals surface area contributed by atoms with E-state index in [1.54, 1.807) is 48.5 Å². The number of carbonyl (C=O) groups is 1. The second kappa shape index (κ2) is 10.3. The van der Waals surface area contributed by atoms with Crippen LogP contribution in [0.4, 0.5) is 5.69 Å². The molecule has 0 radical (unpaired) electrons. The molecule has 0 aliphatic carbocycles. The predicted molar refractivity (Wildman–Crippen MR) is 121 cm³/mol. The van der Waals surface area contributed by atoms with Gasteiger partial charge in [0.15, 0.2) is 11.5 Å². The first-order valence-corrected chi connectivity index (χ1v) is 9.99. The maximum absolute atomic E-state index is 12.8. The Bertz CT molecular complexity index is 1060. The number of halogens is 2. The summed E-state index contributed by atoms with van der Waals surface area (Å²) in [6.07, 6.45) is 0. The quantitative estimate of drug-likeness (QED) is 0.455. The van der Waals surface area contributed by atoms with Gasteiger partial charge in [-0.05, 0) is 35.9 Å². The smallest absolute Gasteiger partial charge is 0.255 e. The summed E-state index contributed by atoms with van der Waals surface area (Å²) in [5.74, 6) is 1.56. The number of hydrogen-bond donors (Lipinski definition) is 1. The molecule has 1 amide bonds. The van der Waals surface area contributed by atoms with Gasteiger partial charge in [-0.1, -0.05) is 35.3 Å². The van der Waals surface area contributed by atoms with Crippen LogP contribution in [0.1, 0.15) is 15.9 Å². The molecule has 0 aliphatic rings. The molecule has 0 fully saturated rings. The van der Waals surface area contributed by atoms with E-state index in [0.29, 0.717) is 44.3 Å². The molecule has 8 heteroatoms. The Hall–Kier alpha value is -3.09. The number of nitrogens with one attached hydrogen (secondary N) is 1. The Morgan fingerprint density at radius 3 is 2.19 bits per heavy atom. The molecule has 0 saturated heterocycles. The molecule has 0 spiro atoms. The van der Waals surface area contributed by atoms with Gasteiger partial charge < -0.3 is 24.3 Å². The Balaban J connectivity index is 1.74. The molecule has 31 heavy (non-hydrogen) atoms. The van der Waals surface area contributed by atoms with Gasteiger partial charge in [-0.3, -0.25) is 4.79 Å². The van der Waals surface area contributed by atoms with Crippen LogP contribution in [0.2, 0.25) is 10.0 Å². The highest BCUT2D eigenvalue weighted by Crippen LogP contribution is 2.40. The second-order valence-electron chi connectivity index (χ2n) is 6.43. The number of carbonyl (C=O) groups excluding carboxylic acids is 1. The fourth-order valence-corrected chi connectivity index (χ4v) is 3.38. The predicted octanol–water partition coefficient (Wildman–Crippen LogP) is 5.85. The average Bonchev–Trinajstić information content (AvgIpc) is 2.77. The van der Waals surface area contributed by atoms with Gasteiger partial charge in [0.25, 0.3) is 5.91 Å². The van der Waals surface area contributed by atoms with E-state index in [1.807, 2.05) is 6.07 Å². The van der Waals surface area contributed by atoms with Crippen molar-refractivity contribution in [2.75, 3.05) is 26.6 Å². The van der Waals surface area contributed by atoms with Crippen molar-refractivity contribution in [2.45, 2.75) is 6.61 Å². The molecule has 0 aliphatic heterocycles. The summed E-state index contributed by atoms with van der Waals surface area (Å²) in [7, 11) is 4.54. The fraction of sp³-hybridized carbons (Fsp3) is 0.174. The van der Waals surface area contributed by atoms with Crippen molar-refractivity contribution in [3.63, 3.8) is 0 Å². The van der Waals surface area contributed by atoms with Crippen molar-refractivity contribution in [3.8, 4) is 23.0 Å². The number of ether oxygens (including phenoxy) is 4. The lowest BCUT2D eigenvalue weighted by Crippen LogP contribution is -2.13. The Morgan fingerprint density at radius 1 is 0.871 bits per heavy atom. The van der Waals surface area contributed by atoms with Crippen molar-refractivity contribution in [1.29, 1.82) is 0 Å². The molecule has 3 aromatic rings. The fourth-order valence-electron chi connectivity index (χ4n) is 2.91. The van der Waals surface area contributed by atoms with Crippen LogP contribution in [0.3, 0.4) is 0 Å². The first-order chi connectivity index (χ1) is 14.9. The van der Waals surface area contributed by atoms with Gasteiger partial charge >= 0.3 is 0 Å². The van der Waals surface area contributed by atoms with E-state index in [2.05, 4.69) is 5.32 Å². The van der Waals surface area contributed by atoms with Crippen molar-refractivity contribution in [1.82, 2.24) is 0 Å². The van der Waals surface area contributed by atoms with Gasteiger partial charge in [0.1, 0.15) is 12.4 Å². The Kier molecular flexibility index (Phi) is 7.50. The molecular weight excluding hydrogens is 441 g/mol. The first kappa shape index (κ1) is 22.6. The summed E-state index contributed by atoms with van der Waals surface area (Å²) in [5, 5.41) is 3.79. The number of amides is 1. The van der Waals surface area contributed by atoms with Gasteiger partial charge in [0.05, 0.1) is 26.4 Å². The number of anilines is 1. The molecule has 0 aromatic heterocycles. The summed E-state index contributed by atoms with van der Waals surface area (Å²) in [6.45, 7) is 0.243. The third-order valence-electron chi connectivity index (χ3n) is 4.40. The standard InChI is InChI=1S/C23H21Cl2NO5/c1-28-20-11-17(12-21(29-2)22(20)30-3)26-23(27)15-6-4-5-14(9-15)13-31-19-8-7-16(24)10-18(19)25/h4-12H,13H2,1-3H3,(H,26,27). The van der Waals surface area contributed by atoms with Crippen LogP contribution in [0, 0.1) is 0 Å². The molecule has 3 aromatic carbocycles. The summed E-state index contributed by atoms with van der Waals surface area (Å²) >= 11 is 12.0. The molecule has 0 bridgehead atoms. The van der Waals surface area contributed by atoms with E-state index < -0.39 is 0 Å². The zero-order valence-electron chi connectivity index (χ0n) is 17.2. The lowest BCUT2D eigenvalue weighted by atomic mass is 10.1. The highest BCUT2D eigenvalue weighted by molar-refractivity contribution is 6.35. The number of rotatable bonds is 8. The van der Waals surface area contributed by atoms with E-state index in [4.69, 9.17) is 42.1 Å². The first-order valence-electron chi connectivity index (χ1n) is 9.23. The molecular formula is C23H21Cl2NO5. The Labute approximate surface area is 190 Å². The van der Waals surface area contributed by atoms with Crippen LogP contribution in [0.25, 0.3) is 0 Å². The minimum absolute atomic E-state index is 0.243. The molecule has 0 heterocycles. The summed E-state index contributed by atoms with van der Waals surface area (Å²) in [4.78, 5) is 12.8. The van der Waals surface area contributed by atoms with Gasteiger partial charge in [0.2, 0.25) is 5.75 Å². The van der Waals surface area contributed by atoms with E-state index in [0.717, 1.165) is 5.56 Å². The topological polar surface area (TPSA) is 66.0 Å². The summed E-state index contributed by atoms with van der Waals surface area (Å²) < 4.78 is 21.7. The zero-order valence-corrected chi connectivity index (χ0v) is 18.7. The van der Waals surface area contributed by atoms with Crippen LogP contribution in [-0.4, -0.2) is 27.2 Å². The van der Waals surface area contributed by atoms with Crippen LogP contribution >= 0.6 is 23.2 Å². The van der Waals surface area contributed by atoms with Crippen LogP contribution in [0.15, 0.2) is 54.6 Å². The van der Waals surface area contributed by atoms with Crippen LogP contribution < -0.4 is 24.3 Å². The minimum Gasteiger partial charge on any atom is -0.493 e. The van der Waals surface area contributed by atoms with E-state index in [1.165, 1.54) is 21.3 Å². The normalized spacial score (nSPS) is 10.4. The third-order valence-corrected chi connectivity index (χ3v) is 4.93. The van der Waals surface area contributed by atoms with E-state index in [9.17, 15) is 4.79 Å². The van der Waals surface area contributed by atoms with Crippen molar-refractivity contribution < 1.29 is 23.7 Å². The molecule has 1 N–H and O–H groups in total. The van der Waals surface area contributed by atoms with Crippen LogP contribution in [0.5, 0.6) is 23.0 Å². The summed E-state index contributed by atoms with van der Waals surface area (Å²) in [5.41, 5.74) is 1.79. The molecule has 0 unspecified atom stereocenters. The number of benzene rings is 3. The maximum atomic E-state index is 12.8. The van der Waals surface area contributed by atoms with Crippen molar-refractivity contribution >= 4 is 34.8 Å². The molecule has 0 saturated carbocycles. The highest BCUT2D eigenvalue weighted by Gasteiger charge is 2.15. The zero-order chi connectivity index (χ0) is 22.4. The lowest BCUT2D eigenvalue weighted by molar-refractivity contribution is 0.102. The van der Waals surface area contributed by atoms with Crippen molar-refractivity contribution in [3.05, 3.63) is 75.8 Å². The molecule has 6 nitrogen and oxygen atoms in total. The largest absolute Gasteiger partial charge is 0.493 e. The highest BCUT2D eigenvalue weighted by atomic mass is 35.5. The SMILES string of the molecule is COc1cc(NC(=O)c2cccc(COc3ccc(Cl)cc3Cl)c2)cc(OC)c1OC. The number of methoxy groups -OCH3 is 3. The Morgan fingerprint density at radius 2 is 1.58 bits per heavy atom. The van der Waals surface area contributed by atoms with Crippen molar-refractivity contribution in [2.24, 2.45) is 0 Å². The lowest BCUT2D eigenvalue weighted by Gasteiger charge is -2.15. The number of hydrogen-bond acceptors (Lipinski definition) is 5. The van der Waals surface area contributed by atoms with E-state index in [-0.39, 0.29) is 12.5 Å². The average molecular weight is 462 g/mol. The van der Waals surface area contributed by atoms with E-state index >= 15 is 0 Å². The molecule has 162 valence electrons. The van der Waals surface area contributed by atoms with Gasteiger partial charge in [-0.2, -0.15) is 0 Å². The van der Waals surface area contributed by atoms with Crippen LogP contribution in [-0.2, 0) is 6.61 Å². The maximum Gasteiger partial charge on any atom is 0.255 e. The third kappa shape index (κ3) is 5.54. The second-order valence-corrected chi connectivity index (χ2v) is 7.28. The minimum atomic E-state index is -0.291. The summed E-state index contributed by atoms with van der Waals surface area (Å²) in [6, 6.07) is 15.4. The van der Waals surface area contributed by atoms with Gasteiger partial charge in [-0.15, -0.1) is 0 Å².